The molecular formula is C9H10F2N2O2. The minimum absolute atomic E-state index is 0.100. The predicted molar refractivity (Wildman–Crippen MR) is 48.9 cm³/mol. The van der Waals surface area contributed by atoms with Crippen LogP contribution < -0.4 is 11.5 Å². The highest BCUT2D eigenvalue weighted by Crippen LogP contribution is 2.21. The van der Waals surface area contributed by atoms with Gasteiger partial charge in [0.1, 0.15) is 0 Å². The number of nitrogens with two attached hydrogens (primary N) is 2. The molecule has 0 aromatic heterocycles. The molecule has 0 heterocycles. The largest absolute Gasteiger partial charge is 0.505 e. The van der Waals surface area contributed by atoms with E-state index in [0.29, 0.717) is 0 Å². The molecule has 0 aliphatic carbocycles. The Morgan fingerprint density at radius 3 is 2.53 bits per heavy atom. The standard InChI is InChI=1S/C9H10F2N2O2/c10-7-4(3-5(12)9(13)15)1-2-6(14)8(7)11/h1-2,5,14H,3,12H2,(H2,13,15). The van der Waals surface area contributed by atoms with E-state index in [4.69, 9.17) is 16.6 Å². The molecule has 6 heteroatoms. The summed E-state index contributed by atoms with van der Waals surface area (Å²) in [5.74, 6) is -4.16. The number of carbonyl (C=O) groups is 1. The Bertz CT molecular complexity index is 396. The Morgan fingerprint density at radius 1 is 1.40 bits per heavy atom. The van der Waals surface area contributed by atoms with Gasteiger partial charge < -0.3 is 16.6 Å². The first-order chi connectivity index (χ1) is 6.93. The molecule has 1 aromatic rings. The third-order valence-electron chi connectivity index (χ3n) is 1.95. The summed E-state index contributed by atoms with van der Waals surface area (Å²) in [6, 6.07) is 1.06. The number of carbonyl (C=O) groups excluding carboxylic acids is 1. The Hall–Kier alpha value is -1.69. The molecule has 4 nitrogen and oxygen atoms in total. The van der Waals surface area contributed by atoms with E-state index in [9.17, 15) is 13.6 Å². The number of halogens is 2. The van der Waals surface area contributed by atoms with Crippen molar-refractivity contribution < 1.29 is 18.7 Å². The van der Waals surface area contributed by atoms with Gasteiger partial charge in [-0.1, -0.05) is 6.07 Å². The van der Waals surface area contributed by atoms with Gasteiger partial charge in [0.05, 0.1) is 6.04 Å². The highest BCUT2D eigenvalue weighted by atomic mass is 19.2. The molecule has 0 radical (unpaired) electrons. The molecule has 0 aliphatic heterocycles. The second-order valence-corrected chi connectivity index (χ2v) is 3.08. The number of phenols is 1. The summed E-state index contributed by atoms with van der Waals surface area (Å²) < 4.78 is 26.0. The number of rotatable bonds is 3. The minimum atomic E-state index is -1.36. The summed E-state index contributed by atoms with van der Waals surface area (Å²) >= 11 is 0. The van der Waals surface area contributed by atoms with Crippen molar-refractivity contribution in [3.8, 4) is 5.75 Å². The fraction of sp³-hybridized carbons (Fsp3) is 0.222. The van der Waals surface area contributed by atoms with Crippen molar-refractivity contribution in [2.45, 2.75) is 12.5 Å². The highest BCUT2D eigenvalue weighted by Gasteiger charge is 2.17. The topological polar surface area (TPSA) is 89.3 Å². The fourth-order valence-electron chi connectivity index (χ4n) is 1.07. The van der Waals surface area contributed by atoms with Crippen LogP contribution in [0.25, 0.3) is 0 Å². The van der Waals surface area contributed by atoms with Crippen LogP contribution in [-0.2, 0) is 11.2 Å². The van der Waals surface area contributed by atoms with Crippen LogP contribution in [0.5, 0.6) is 5.75 Å². The Balaban J connectivity index is 2.97. The average Bonchev–Trinajstić information content (AvgIpc) is 2.18. The zero-order valence-electron chi connectivity index (χ0n) is 7.71. The molecular weight excluding hydrogens is 206 g/mol. The van der Waals surface area contributed by atoms with Crippen LogP contribution in [0.3, 0.4) is 0 Å². The molecule has 15 heavy (non-hydrogen) atoms. The number of benzene rings is 1. The van der Waals surface area contributed by atoms with Crippen molar-refractivity contribution in [1.29, 1.82) is 0 Å². The third kappa shape index (κ3) is 2.41. The Labute approximate surface area is 84.5 Å². The fourth-order valence-corrected chi connectivity index (χ4v) is 1.07. The van der Waals surface area contributed by atoms with Crippen LogP contribution in [0.4, 0.5) is 8.78 Å². The van der Waals surface area contributed by atoms with E-state index in [1.807, 2.05) is 0 Å². The first-order valence-electron chi connectivity index (χ1n) is 4.14. The summed E-state index contributed by atoms with van der Waals surface area (Å²) in [6.45, 7) is 0. The molecule has 0 aliphatic rings. The van der Waals surface area contributed by atoms with Gasteiger partial charge >= 0.3 is 0 Å². The lowest BCUT2D eigenvalue weighted by atomic mass is 10.1. The molecule has 1 atom stereocenters. The number of phenolic OH excluding ortho intramolecular Hbond substituents is 1. The number of hydrogen-bond donors (Lipinski definition) is 3. The van der Waals surface area contributed by atoms with E-state index < -0.39 is 29.3 Å². The van der Waals surface area contributed by atoms with Crippen LogP contribution in [0.15, 0.2) is 12.1 Å². The molecule has 0 spiro atoms. The number of primary amides is 1. The maximum Gasteiger partial charge on any atom is 0.234 e. The summed E-state index contributed by atoms with van der Waals surface area (Å²) in [6.07, 6.45) is -0.210. The highest BCUT2D eigenvalue weighted by molar-refractivity contribution is 5.79. The summed E-state index contributed by atoms with van der Waals surface area (Å²) in [7, 11) is 0. The molecule has 0 bridgehead atoms. The van der Waals surface area contributed by atoms with E-state index >= 15 is 0 Å². The zero-order chi connectivity index (χ0) is 11.6. The molecule has 0 saturated heterocycles. The molecule has 0 saturated carbocycles. The maximum atomic E-state index is 13.1. The number of aromatic hydroxyl groups is 1. The van der Waals surface area contributed by atoms with Crippen molar-refractivity contribution in [2.24, 2.45) is 11.5 Å². The summed E-state index contributed by atoms with van der Waals surface area (Å²) in [5, 5.41) is 8.83. The molecule has 1 aromatic carbocycles. The zero-order valence-corrected chi connectivity index (χ0v) is 7.71. The van der Waals surface area contributed by atoms with Crippen molar-refractivity contribution in [1.82, 2.24) is 0 Å². The molecule has 1 amide bonds. The minimum Gasteiger partial charge on any atom is -0.505 e. The van der Waals surface area contributed by atoms with Crippen LogP contribution in [0.1, 0.15) is 5.56 Å². The van der Waals surface area contributed by atoms with Crippen LogP contribution in [0, 0.1) is 11.6 Å². The van der Waals surface area contributed by atoms with Crippen LogP contribution >= 0.6 is 0 Å². The predicted octanol–water partition coefficient (Wildman–Crippen LogP) is 0.0255. The summed E-state index contributed by atoms with van der Waals surface area (Å²) in [5.41, 5.74) is 10.1. The van der Waals surface area contributed by atoms with E-state index in [1.54, 1.807) is 0 Å². The van der Waals surface area contributed by atoms with Crippen molar-refractivity contribution >= 4 is 5.91 Å². The molecule has 1 rings (SSSR count). The van der Waals surface area contributed by atoms with Gasteiger partial charge in [-0.15, -0.1) is 0 Å². The normalized spacial score (nSPS) is 12.5. The van der Waals surface area contributed by atoms with Gasteiger partial charge in [-0.25, -0.2) is 4.39 Å². The molecule has 0 fully saturated rings. The van der Waals surface area contributed by atoms with Crippen LogP contribution in [0.2, 0.25) is 0 Å². The number of hydrogen-bond acceptors (Lipinski definition) is 3. The second kappa shape index (κ2) is 4.22. The Kier molecular flexibility index (Phi) is 3.21. The first-order valence-corrected chi connectivity index (χ1v) is 4.14. The van der Waals surface area contributed by atoms with Gasteiger partial charge in [0.2, 0.25) is 11.7 Å². The molecule has 82 valence electrons. The molecule has 5 N–H and O–H groups in total. The average molecular weight is 216 g/mol. The lowest BCUT2D eigenvalue weighted by molar-refractivity contribution is -0.119. The second-order valence-electron chi connectivity index (χ2n) is 3.08. The first kappa shape index (κ1) is 11.4. The smallest absolute Gasteiger partial charge is 0.234 e. The van der Waals surface area contributed by atoms with Crippen molar-refractivity contribution in [2.75, 3.05) is 0 Å². The van der Waals surface area contributed by atoms with E-state index in [-0.39, 0.29) is 12.0 Å². The quantitative estimate of drug-likeness (QED) is 0.665. The van der Waals surface area contributed by atoms with Gasteiger partial charge in [0.25, 0.3) is 0 Å². The SMILES string of the molecule is NC(=O)C(N)Cc1ccc(O)c(F)c1F. The van der Waals surface area contributed by atoms with E-state index in [0.717, 1.165) is 12.1 Å². The van der Waals surface area contributed by atoms with Crippen molar-refractivity contribution in [3.63, 3.8) is 0 Å². The van der Waals surface area contributed by atoms with Gasteiger partial charge in [0.15, 0.2) is 11.6 Å². The maximum absolute atomic E-state index is 13.1. The summed E-state index contributed by atoms with van der Waals surface area (Å²) in [4.78, 5) is 10.6. The lowest BCUT2D eigenvalue weighted by Crippen LogP contribution is -2.38. The van der Waals surface area contributed by atoms with Gasteiger partial charge in [-0.05, 0) is 18.1 Å². The lowest BCUT2D eigenvalue weighted by Gasteiger charge is -2.09. The van der Waals surface area contributed by atoms with Crippen molar-refractivity contribution in [3.05, 3.63) is 29.3 Å². The van der Waals surface area contributed by atoms with E-state index in [2.05, 4.69) is 0 Å². The monoisotopic (exact) mass is 216 g/mol. The van der Waals surface area contributed by atoms with E-state index in [1.165, 1.54) is 0 Å². The third-order valence-corrected chi connectivity index (χ3v) is 1.95. The molecule has 1 unspecified atom stereocenters. The van der Waals surface area contributed by atoms with Crippen LogP contribution in [-0.4, -0.2) is 17.1 Å². The Morgan fingerprint density at radius 2 is 2.00 bits per heavy atom. The number of amides is 1. The van der Waals surface area contributed by atoms with Gasteiger partial charge in [0, 0.05) is 0 Å². The van der Waals surface area contributed by atoms with Gasteiger partial charge in [-0.2, -0.15) is 4.39 Å². The van der Waals surface area contributed by atoms with Gasteiger partial charge in [-0.3, -0.25) is 4.79 Å².